The van der Waals surface area contributed by atoms with Crippen molar-refractivity contribution in [2.75, 3.05) is 29.5 Å². The highest BCUT2D eigenvalue weighted by atomic mass is 16.3. The molecule has 0 saturated carbocycles. The highest BCUT2D eigenvalue weighted by molar-refractivity contribution is 5.80. The van der Waals surface area contributed by atoms with Crippen LogP contribution in [-0.4, -0.2) is 56.7 Å². The maximum atomic E-state index is 11.7. The summed E-state index contributed by atoms with van der Waals surface area (Å²) >= 11 is 0. The van der Waals surface area contributed by atoms with E-state index in [9.17, 15) is 15.0 Å². The number of carbonyl (C=O) groups excluding carboxylic acids is 1. The van der Waals surface area contributed by atoms with Crippen molar-refractivity contribution in [3.63, 3.8) is 0 Å². The number of aliphatic hydroxyl groups is 1. The number of rotatable bonds is 4. The molecule has 8 heteroatoms. The Morgan fingerprint density at radius 1 is 0.938 bits per heavy atom. The molecule has 8 nitrogen and oxygen atoms in total. The minimum absolute atomic E-state index is 0.0188. The molecule has 0 spiro atoms. The van der Waals surface area contributed by atoms with Gasteiger partial charge in [0, 0.05) is 38.0 Å². The number of anilines is 2. The Hall–Kier alpha value is -3.52. The number of Topliss-reactive ketones (excluding diaryl/α,β-unsaturated/α-hetero) is 1. The van der Waals surface area contributed by atoms with Gasteiger partial charge in [-0.3, -0.25) is 4.79 Å². The lowest BCUT2D eigenvalue weighted by Crippen LogP contribution is -2.44. The van der Waals surface area contributed by atoms with Crippen molar-refractivity contribution in [3.05, 3.63) is 59.7 Å². The molecular formula is C24H25N5O3. The van der Waals surface area contributed by atoms with E-state index >= 15 is 0 Å². The van der Waals surface area contributed by atoms with Crippen LogP contribution in [0.2, 0.25) is 0 Å². The fourth-order valence-corrected chi connectivity index (χ4v) is 4.34. The molecule has 164 valence electrons. The van der Waals surface area contributed by atoms with Crippen LogP contribution >= 0.6 is 0 Å². The van der Waals surface area contributed by atoms with Crippen molar-refractivity contribution in [3.8, 4) is 17.1 Å². The SMILES string of the molecule is O=C1CCN(c2nc(-c3cccc(O)c3)nc(N3Cc4ccccc4C[C@@H]3CO)n2)CC1. The molecule has 3 heterocycles. The van der Waals surface area contributed by atoms with Gasteiger partial charge in [0.15, 0.2) is 5.82 Å². The first kappa shape index (κ1) is 20.4. The number of aromatic nitrogens is 3. The number of ketones is 1. The molecule has 0 unspecified atom stereocenters. The van der Waals surface area contributed by atoms with E-state index in [-0.39, 0.29) is 24.2 Å². The molecule has 5 rings (SSSR count). The minimum Gasteiger partial charge on any atom is -0.508 e. The van der Waals surface area contributed by atoms with Crippen molar-refractivity contribution in [1.29, 1.82) is 0 Å². The van der Waals surface area contributed by atoms with Crippen LogP contribution in [0, 0.1) is 0 Å². The predicted molar refractivity (Wildman–Crippen MR) is 121 cm³/mol. The number of aliphatic hydroxyl groups excluding tert-OH is 1. The molecule has 32 heavy (non-hydrogen) atoms. The molecule has 0 radical (unpaired) electrons. The maximum Gasteiger partial charge on any atom is 0.231 e. The molecule has 3 aromatic rings. The standard InChI is InChI=1S/C24H25N5O3/c30-15-19-12-16-4-1-2-5-18(16)14-29(19)24-26-22(17-6-3-7-21(32)13-17)25-23(27-24)28-10-8-20(31)9-11-28/h1-7,13,19,30,32H,8-12,14-15H2/t19-/m1/s1. The van der Waals surface area contributed by atoms with Crippen molar-refractivity contribution in [2.24, 2.45) is 0 Å². The van der Waals surface area contributed by atoms with E-state index in [1.54, 1.807) is 18.2 Å². The monoisotopic (exact) mass is 431 g/mol. The number of aromatic hydroxyl groups is 1. The predicted octanol–water partition coefficient (Wildman–Crippen LogP) is 2.34. The second-order valence-corrected chi connectivity index (χ2v) is 8.27. The Morgan fingerprint density at radius 3 is 2.44 bits per heavy atom. The molecular weight excluding hydrogens is 406 g/mol. The Labute approximate surface area is 186 Å². The number of hydrogen-bond donors (Lipinski definition) is 2. The lowest BCUT2D eigenvalue weighted by molar-refractivity contribution is -0.119. The smallest absolute Gasteiger partial charge is 0.231 e. The molecule has 1 saturated heterocycles. The van der Waals surface area contributed by atoms with Gasteiger partial charge in [-0.15, -0.1) is 0 Å². The zero-order valence-corrected chi connectivity index (χ0v) is 17.7. The summed E-state index contributed by atoms with van der Waals surface area (Å²) in [6, 6.07) is 14.9. The molecule has 2 aliphatic rings. The Bertz CT molecular complexity index is 1140. The number of phenolic OH excluding ortho intramolecular Hbond substituents is 1. The fourth-order valence-electron chi connectivity index (χ4n) is 4.34. The number of fused-ring (bicyclic) bond motifs is 1. The van der Waals surface area contributed by atoms with Gasteiger partial charge in [0.25, 0.3) is 0 Å². The first-order valence-corrected chi connectivity index (χ1v) is 10.9. The third-order valence-electron chi connectivity index (χ3n) is 6.14. The second-order valence-electron chi connectivity index (χ2n) is 8.27. The fraction of sp³-hybridized carbons (Fsp3) is 0.333. The average Bonchev–Trinajstić information content (AvgIpc) is 2.83. The average molecular weight is 431 g/mol. The Balaban J connectivity index is 1.58. The summed E-state index contributed by atoms with van der Waals surface area (Å²) in [7, 11) is 0. The van der Waals surface area contributed by atoms with Crippen LogP contribution in [-0.2, 0) is 17.8 Å². The van der Waals surface area contributed by atoms with E-state index in [0.717, 1.165) is 0 Å². The van der Waals surface area contributed by atoms with Gasteiger partial charge in [0.1, 0.15) is 11.5 Å². The van der Waals surface area contributed by atoms with Crippen LogP contribution in [0.3, 0.4) is 0 Å². The molecule has 0 amide bonds. The lowest BCUT2D eigenvalue weighted by atomic mass is 9.94. The van der Waals surface area contributed by atoms with Gasteiger partial charge in [-0.25, -0.2) is 0 Å². The summed E-state index contributed by atoms with van der Waals surface area (Å²) in [6.07, 6.45) is 1.64. The van der Waals surface area contributed by atoms with Crippen LogP contribution in [0.25, 0.3) is 11.4 Å². The minimum atomic E-state index is -0.153. The summed E-state index contributed by atoms with van der Waals surface area (Å²) < 4.78 is 0. The van der Waals surface area contributed by atoms with Gasteiger partial charge in [0.2, 0.25) is 11.9 Å². The number of phenols is 1. The summed E-state index contributed by atoms with van der Waals surface area (Å²) in [5.41, 5.74) is 3.09. The third-order valence-corrected chi connectivity index (χ3v) is 6.14. The van der Waals surface area contributed by atoms with Crippen LogP contribution in [0.15, 0.2) is 48.5 Å². The molecule has 1 fully saturated rings. The van der Waals surface area contributed by atoms with Crippen molar-refractivity contribution in [1.82, 2.24) is 15.0 Å². The number of benzene rings is 2. The highest BCUT2D eigenvalue weighted by Crippen LogP contribution is 2.30. The molecule has 2 N–H and O–H groups in total. The molecule has 1 atom stereocenters. The molecule has 0 bridgehead atoms. The van der Waals surface area contributed by atoms with E-state index in [1.165, 1.54) is 11.1 Å². The second kappa shape index (κ2) is 8.55. The van der Waals surface area contributed by atoms with Crippen LogP contribution in [0.1, 0.15) is 24.0 Å². The molecule has 2 aliphatic heterocycles. The third kappa shape index (κ3) is 4.01. The van der Waals surface area contributed by atoms with Crippen molar-refractivity contribution in [2.45, 2.75) is 31.8 Å². The quantitative estimate of drug-likeness (QED) is 0.649. The first-order chi connectivity index (χ1) is 15.6. The molecule has 1 aromatic heterocycles. The van der Waals surface area contributed by atoms with Crippen molar-refractivity contribution >= 4 is 17.7 Å². The number of carbonyl (C=O) groups is 1. The summed E-state index contributed by atoms with van der Waals surface area (Å²) in [5.74, 6) is 1.83. The van der Waals surface area contributed by atoms with E-state index in [4.69, 9.17) is 9.97 Å². The van der Waals surface area contributed by atoms with Gasteiger partial charge in [-0.05, 0) is 29.7 Å². The number of piperidine rings is 1. The lowest BCUT2D eigenvalue weighted by Gasteiger charge is -2.36. The summed E-state index contributed by atoms with van der Waals surface area (Å²) in [6.45, 7) is 1.69. The van der Waals surface area contributed by atoms with E-state index in [2.05, 4.69) is 17.1 Å². The maximum absolute atomic E-state index is 11.7. The number of hydrogen-bond acceptors (Lipinski definition) is 8. The summed E-state index contributed by atoms with van der Waals surface area (Å²) in [4.78, 5) is 29.9. The van der Waals surface area contributed by atoms with Gasteiger partial charge in [-0.1, -0.05) is 36.4 Å². The van der Waals surface area contributed by atoms with E-state index < -0.39 is 0 Å². The van der Waals surface area contributed by atoms with Crippen molar-refractivity contribution < 1.29 is 15.0 Å². The molecule has 2 aromatic carbocycles. The van der Waals surface area contributed by atoms with Gasteiger partial charge < -0.3 is 20.0 Å². The largest absolute Gasteiger partial charge is 0.508 e. The number of nitrogens with zero attached hydrogens (tertiary/aromatic N) is 5. The zero-order chi connectivity index (χ0) is 22.1. The molecule has 0 aliphatic carbocycles. The highest BCUT2D eigenvalue weighted by Gasteiger charge is 2.29. The van der Waals surface area contributed by atoms with Gasteiger partial charge >= 0.3 is 0 Å². The van der Waals surface area contributed by atoms with Crippen LogP contribution in [0.4, 0.5) is 11.9 Å². The Morgan fingerprint density at radius 2 is 1.69 bits per heavy atom. The Kier molecular flexibility index (Phi) is 5.45. The van der Waals surface area contributed by atoms with E-state index in [0.29, 0.717) is 62.2 Å². The van der Waals surface area contributed by atoms with Gasteiger partial charge in [0.05, 0.1) is 12.6 Å². The van der Waals surface area contributed by atoms with E-state index in [1.807, 2.05) is 28.0 Å². The van der Waals surface area contributed by atoms with Crippen LogP contribution < -0.4 is 9.80 Å². The van der Waals surface area contributed by atoms with Gasteiger partial charge in [-0.2, -0.15) is 15.0 Å². The topological polar surface area (TPSA) is 103 Å². The zero-order valence-electron chi connectivity index (χ0n) is 17.7. The normalized spacial score (nSPS) is 18.5. The first-order valence-electron chi connectivity index (χ1n) is 10.9. The summed E-state index contributed by atoms with van der Waals surface area (Å²) in [5, 5.41) is 20.1. The van der Waals surface area contributed by atoms with Crippen LogP contribution in [0.5, 0.6) is 5.75 Å².